The maximum Gasteiger partial charge on any atom is 0.142 e. The molecular weight excluding hydrogens is 342 g/mol. The topological polar surface area (TPSA) is 37.4 Å². The predicted molar refractivity (Wildman–Crippen MR) is 86.6 cm³/mol. The second kappa shape index (κ2) is 8.17. The van der Waals surface area contributed by atoms with Gasteiger partial charge in [0, 0.05) is 32.9 Å². The van der Waals surface area contributed by atoms with Crippen molar-refractivity contribution >= 4 is 33.3 Å². The molecule has 1 unspecified atom stereocenters. The molecule has 2 rings (SSSR count). The van der Waals surface area contributed by atoms with Crippen LogP contribution in [0.5, 0.6) is 0 Å². The Morgan fingerprint density at radius 1 is 1.60 bits per heavy atom. The van der Waals surface area contributed by atoms with E-state index in [4.69, 9.17) is 16.3 Å². The second-order valence-corrected chi connectivity index (χ2v) is 6.40. The van der Waals surface area contributed by atoms with E-state index in [0.717, 1.165) is 43.1 Å². The van der Waals surface area contributed by atoms with Gasteiger partial charge >= 0.3 is 0 Å². The van der Waals surface area contributed by atoms with E-state index in [-0.39, 0.29) is 0 Å². The van der Waals surface area contributed by atoms with Gasteiger partial charge in [0.1, 0.15) is 5.82 Å². The Hall–Kier alpha value is -0.360. The third kappa shape index (κ3) is 4.58. The Morgan fingerprint density at radius 2 is 2.45 bits per heavy atom. The van der Waals surface area contributed by atoms with Gasteiger partial charge in [-0.15, -0.1) is 0 Å². The summed E-state index contributed by atoms with van der Waals surface area (Å²) in [7, 11) is 1.73. The SMILES string of the molecule is COCCNCC1CCCN(c2ncc(Cl)cc2Br)C1. The number of ether oxygens (including phenoxy) is 1. The van der Waals surface area contributed by atoms with Crippen LogP contribution in [-0.2, 0) is 4.74 Å². The molecule has 20 heavy (non-hydrogen) atoms. The Morgan fingerprint density at radius 3 is 3.20 bits per heavy atom. The molecule has 112 valence electrons. The van der Waals surface area contributed by atoms with Crippen molar-refractivity contribution in [3.63, 3.8) is 0 Å². The fourth-order valence-electron chi connectivity index (χ4n) is 2.54. The molecule has 0 saturated carbocycles. The van der Waals surface area contributed by atoms with Crippen molar-refractivity contribution < 1.29 is 4.74 Å². The van der Waals surface area contributed by atoms with Crippen LogP contribution in [0.25, 0.3) is 0 Å². The van der Waals surface area contributed by atoms with E-state index < -0.39 is 0 Å². The zero-order valence-electron chi connectivity index (χ0n) is 11.7. The van der Waals surface area contributed by atoms with Gasteiger partial charge in [-0.1, -0.05) is 11.6 Å². The molecular formula is C14H21BrClN3O. The molecule has 0 bridgehead atoms. The first kappa shape index (κ1) is 16.0. The lowest BCUT2D eigenvalue weighted by Gasteiger charge is -2.34. The average Bonchev–Trinajstić information content (AvgIpc) is 2.44. The number of methoxy groups -OCH3 is 1. The molecule has 1 aliphatic heterocycles. The minimum absolute atomic E-state index is 0.657. The molecule has 1 N–H and O–H groups in total. The van der Waals surface area contributed by atoms with E-state index in [0.29, 0.717) is 10.9 Å². The Labute approximate surface area is 134 Å². The maximum atomic E-state index is 5.95. The van der Waals surface area contributed by atoms with Crippen molar-refractivity contribution in [3.05, 3.63) is 21.8 Å². The molecule has 1 aromatic heterocycles. The number of piperidine rings is 1. The summed E-state index contributed by atoms with van der Waals surface area (Å²) in [5, 5.41) is 4.11. The van der Waals surface area contributed by atoms with E-state index >= 15 is 0 Å². The summed E-state index contributed by atoms with van der Waals surface area (Å²) < 4.78 is 6.02. The maximum absolute atomic E-state index is 5.95. The van der Waals surface area contributed by atoms with Crippen LogP contribution in [-0.4, -0.2) is 44.9 Å². The first-order valence-electron chi connectivity index (χ1n) is 6.96. The van der Waals surface area contributed by atoms with E-state index in [1.807, 2.05) is 6.07 Å². The third-order valence-corrected chi connectivity index (χ3v) is 4.31. The molecule has 2 heterocycles. The highest BCUT2D eigenvalue weighted by atomic mass is 79.9. The Kier molecular flexibility index (Phi) is 6.55. The monoisotopic (exact) mass is 361 g/mol. The van der Waals surface area contributed by atoms with Gasteiger partial charge in [-0.2, -0.15) is 0 Å². The normalized spacial score (nSPS) is 19.4. The lowest BCUT2D eigenvalue weighted by Crippen LogP contribution is -2.40. The van der Waals surface area contributed by atoms with Crippen LogP contribution in [0.4, 0.5) is 5.82 Å². The first-order valence-corrected chi connectivity index (χ1v) is 8.13. The molecule has 1 aliphatic rings. The van der Waals surface area contributed by atoms with E-state index in [2.05, 4.69) is 31.1 Å². The van der Waals surface area contributed by atoms with Gasteiger partial charge in [0.15, 0.2) is 0 Å². The molecule has 6 heteroatoms. The number of pyridine rings is 1. The van der Waals surface area contributed by atoms with Gasteiger partial charge in [0.25, 0.3) is 0 Å². The minimum Gasteiger partial charge on any atom is -0.383 e. The highest BCUT2D eigenvalue weighted by Crippen LogP contribution is 2.29. The first-order chi connectivity index (χ1) is 9.70. The zero-order valence-corrected chi connectivity index (χ0v) is 14.1. The fraction of sp³-hybridized carbons (Fsp3) is 0.643. The Balaban J connectivity index is 1.89. The largest absolute Gasteiger partial charge is 0.383 e. The van der Waals surface area contributed by atoms with Crippen LogP contribution >= 0.6 is 27.5 Å². The van der Waals surface area contributed by atoms with Crippen molar-refractivity contribution in [1.82, 2.24) is 10.3 Å². The smallest absolute Gasteiger partial charge is 0.142 e. The molecule has 1 fully saturated rings. The van der Waals surface area contributed by atoms with Crippen molar-refractivity contribution in [3.8, 4) is 0 Å². The number of aromatic nitrogens is 1. The number of nitrogens with one attached hydrogen (secondary N) is 1. The van der Waals surface area contributed by atoms with Gasteiger partial charge in [-0.05, 0) is 47.3 Å². The summed E-state index contributed by atoms with van der Waals surface area (Å²) in [5.41, 5.74) is 0. The van der Waals surface area contributed by atoms with Crippen LogP contribution in [0.3, 0.4) is 0 Å². The van der Waals surface area contributed by atoms with Gasteiger partial charge in [0.2, 0.25) is 0 Å². The molecule has 0 aromatic carbocycles. The molecule has 1 saturated heterocycles. The zero-order chi connectivity index (χ0) is 14.4. The molecule has 0 spiro atoms. The minimum atomic E-state index is 0.657. The van der Waals surface area contributed by atoms with Crippen LogP contribution in [0.2, 0.25) is 5.02 Å². The number of hydrogen-bond acceptors (Lipinski definition) is 4. The summed E-state index contributed by atoms with van der Waals surface area (Å²) >= 11 is 9.50. The van der Waals surface area contributed by atoms with Gasteiger partial charge in [-0.25, -0.2) is 4.98 Å². The molecule has 1 aromatic rings. The van der Waals surface area contributed by atoms with Gasteiger partial charge in [-0.3, -0.25) is 0 Å². The lowest BCUT2D eigenvalue weighted by molar-refractivity contribution is 0.197. The van der Waals surface area contributed by atoms with Crippen molar-refractivity contribution in [2.45, 2.75) is 12.8 Å². The number of anilines is 1. The van der Waals surface area contributed by atoms with E-state index in [9.17, 15) is 0 Å². The highest BCUT2D eigenvalue weighted by molar-refractivity contribution is 9.10. The summed E-state index contributed by atoms with van der Waals surface area (Å²) in [4.78, 5) is 6.79. The predicted octanol–water partition coefficient (Wildman–Crippen LogP) is 2.95. The van der Waals surface area contributed by atoms with Crippen molar-refractivity contribution in [1.29, 1.82) is 0 Å². The van der Waals surface area contributed by atoms with Crippen LogP contribution in [0.15, 0.2) is 16.7 Å². The highest BCUT2D eigenvalue weighted by Gasteiger charge is 2.22. The quantitative estimate of drug-likeness (QED) is 0.790. The van der Waals surface area contributed by atoms with Crippen LogP contribution < -0.4 is 10.2 Å². The summed E-state index contributed by atoms with van der Waals surface area (Å²) in [5.74, 6) is 1.65. The van der Waals surface area contributed by atoms with Crippen molar-refractivity contribution in [2.24, 2.45) is 5.92 Å². The Bertz CT molecular complexity index is 433. The second-order valence-electron chi connectivity index (χ2n) is 5.11. The van der Waals surface area contributed by atoms with Crippen molar-refractivity contribution in [2.75, 3.05) is 44.8 Å². The summed E-state index contributed by atoms with van der Waals surface area (Å²) in [6.07, 6.45) is 4.18. The standard InChI is InChI=1S/C14H21BrClN3O/c1-20-6-4-17-8-11-3-2-5-19(10-11)14-13(15)7-12(16)9-18-14/h7,9,11,17H,2-6,8,10H2,1H3. The summed E-state index contributed by atoms with van der Waals surface area (Å²) in [6, 6.07) is 1.91. The third-order valence-electron chi connectivity index (χ3n) is 3.52. The molecule has 0 radical (unpaired) electrons. The average molecular weight is 363 g/mol. The molecule has 1 atom stereocenters. The molecule has 0 amide bonds. The van der Waals surface area contributed by atoms with Crippen LogP contribution in [0.1, 0.15) is 12.8 Å². The fourth-order valence-corrected chi connectivity index (χ4v) is 3.43. The summed E-state index contributed by atoms with van der Waals surface area (Å²) in [6.45, 7) is 4.80. The van der Waals surface area contributed by atoms with E-state index in [1.54, 1.807) is 13.3 Å². The molecule has 0 aliphatic carbocycles. The molecule has 4 nitrogen and oxygen atoms in total. The number of halogens is 2. The van der Waals surface area contributed by atoms with Crippen LogP contribution in [0, 0.1) is 5.92 Å². The number of hydrogen-bond donors (Lipinski definition) is 1. The van der Waals surface area contributed by atoms with Gasteiger partial charge < -0.3 is 15.0 Å². The number of nitrogens with zero attached hydrogens (tertiary/aromatic N) is 2. The number of rotatable bonds is 6. The van der Waals surface area contributed by atoms with Gasteiger partial charge in [0.05, 0.1) is 16.1 Å². The van der Waals surface area contributed by atoms with E-state index in [1.165, 1.54) is 12.8 Å². The lowest BCUT2D eigenvalue weighted by atomic mass is 9.98.